The van der Waals surface area contributed by atoms with Crippen LogP contribution in [-0.4, -0.2) is 74.1 Å². The summed E-state index contributed by atoms with van der Waals surface area (Å²) in [5.41, 5.74) is 8.74. The van der Waals surface area contributed by atoms with Gasteiger partial charge in [-0.1, -0.05) is 0 Å². The van der Waals surface area contributed by atoms with Crippen molar-refractivity contribution < 1.29 is 28.2 Å². The van der Waals surface area contributed by atoms with Gasteiger partial charge in [0.25, 0.3) is 0 Å². The number of amides is 1. The topological polar surface area (TPSA) is 133 Å². The molecule has 2 aliphatic carbocycles. The normalized spacial score (nSPS) is 20.0. The molecule has 0 aliphatic heterocycles. The summed E-state index contributed by atoms with van der Waals surface area (Å²) < 4.78 is 28.7. The molecular formula is C26H40FN5O5. The lowest BCUT2D eigenvalue weighted by molar-refractivity contribution is -0.147. The highest BCUT2D eigenvalue weighted by Gasteiger charge is 2.33. The summed E-state index contributed by atoms with van der Waals surface area (Å²) in [4.78, 5) is 30.5. The van der Waals surface area contributed by atoms with E-state index in [2.05, 4.69) is 0 Å². The number of unbranched alkanes of at least 4 members (excludes halogenated alkanes) is 1. The molecule has 1 aromatic heterocycles. The van der Waals surface area contributed by atoms with E-state index in [0.717, 1.165) is 37.8 Å². The zero-order valence-corrected chi connectivity index (χ0v) is 22.1. The van der Waals surface area contributed by atoms with Crippen LogP contribution in [0.4, 0.5) is 9.18 Å². The minimum atomic E-state index is -0.542. The fourth-order valence-electron chi connectivity index (χ4n) is 4.46. The minimum Gasteiger partial charge on any atom is -0.488 e. The largest absolute Gasteiger partial charge is 0.488 e. The third-order valence-electron chi connectivity index (χ3n) is 6.77. The monoisotopic (exact) mass is 521 g/mol. The number of hydrogen-bond acceptors (Lipinski definition) is 9. The van der Waals surface area contributed by atoms with Crippen molar-refractivity contribution in [1.29, 1.82) is 0 Å². The molecule has 10 nitrogen and oxygen atoms in total. The van der Waals surface area contributed by atoms with Gasteiger partial charge in [0.15, 0.2) is 0 Å². The fourth-order valence-corrected chi connectivity index (χ4v) is 4.46. The van der Waals surface area contributed by atoms with Crippen LogP contribution < -0.4 is 16.3 Å². The minimum absolute atomic E-state index is 0.0776. The zero-order chi connectivity index (χ0) is 26.9. The molecule has 0 radical (unpaired) electrons. The summed E-state index contributed by atoms with van der Waals surface area (Å²) in [6.45, 7) is -0.186. The molecule has 0 bridgehead atoms. The van der Waals surface area contributed by atoms with E-state index in [0.29, 0.717) is 48.0 Å². The molecule has 37 heavy (non-hydrogen) atoms. The second-order valence-corrected chi connectivity index (χ2v) is 9.82. The Kier molecular flexibility index (Phi) is 10.4. The Balaban J connectivity index is 1.75. The van der Waals surface area contributed by atoms with Gasteiger partial charge in [0.1, 0.15) is 5.75 Å². The van der Waals surface area contributed by atoms with Crippen LogP contribution in [0.3, 0.4) is 0 Å². The number of alkyl halides is 1. The Morgan fingerprint density at radius 1 is 1.16 bits per heavy atom. The summed E-state index contributed by atoms with van der Waals surface area (Å²) in [6.07, 6.45) is 5.45. The van der Waals surface area contributed by atoms with Crippen LogP contribution in [0, 0.1) is 5.92 Å². The second kappa shape index (κ2) is 13.5. The predicted molar refractivity (Wildman–Crippen MR) is 137 cm³/mol. The van der Waals surface area contributed by atoms with Gasteiger partial charge in [-0.3, -0.25) is 9.18 Å². The van der Waals surface area contributed by atoms with Crippen LogP contribution in [0.2, 0.25) is 0 Å². The van der Waals surface area contributed by atoms with E-state index < -0.39 is 12.8 Å². The standard InChI is InChI=1S/C26H40FN5O5/c1-31(26(34)36-14-5-4-13-27)16-21(32(2)29)23(28)20-11-12-22(24(30-20)17-9-10-17)37-19-8-6-7-18(15-19)25(33)35-3/h11-12,17-19H,4-10,13-16,28-29H2,1-3H3/b23-21-/t18-,19?/m0/s1. The third kappa shape index (κ3) is 7.95. The Morgan fingerprint density at radius 2 is 1.92 bits per heavy atom. The number of hydrogen-bond donors (Lipinski definition) is 2. The van der Waals surface area contributed by atoms with Crippen LogP contribution in [0.5, 0.6) is 5.75 Å². The number of halogens is 1. The molecule has 2 saturated carbocycles. The van der Waals surface area contributed by atoms with Crippen molar-refractivity contribution in [3.8, 4) is 5.75 Å². The fraction of sp³-hybridized carbons (Fsp3) is 0.654. The average molecular weight is 522 g/mol. The molecule has 2 atom stereocenters. The predicted octanol–water partition coefficient (Wildman–Crippen LogP) is 3.32. The molecule has 2 aliphatic rings. The highest BCUT2D eigenvalue weighted by atomic mass is 19.1. The van der Waals surface area contributed by atoms with Crippen LogP contribution in [-0.2, 0) is 14.3 Å². The van der Waals surface area contributed by atoms with Gasteiger partial charge in [-0.2, -0.15) is 0 Å². The molecule has 206 valence electrons. The van der Waals surface area contributed by atoms with Gasteiger partial charge < -0.3 is 29.9 Å². The molecule has 0 saturated heterocycles. The van der Waals surface area contributed by atoms with E-state index in [1.807, 2.05) is 6.07 Å². The van der Waals surface area contributed by atoms with Gasteiger partial charge in [0, 0.05) is 20.0 Å². The quantitative estimate of drug-likeness (QED) is 0.184. The maximum atomic E-state index is 12.3. The van der Waals surface area contributed by atoms with Crippen LogP contribution in [0.15, 0.2) is 17.8 Å². The van der Waals surface area contributed by atoms with Crippen molar-refractivity contribution in [2.24, 2.45) is 17.5 Å². The maximum Gasteiger partial charge on any atom is 0.409 e. The number of rotatable bonds is 12. The van der Waals surface area contributed by atoms with Crippen LogP contribution >= 0.6 is 0 Å². The van der Waals surface area contributed by atoms with E-state index in [4.69, 9.17) is 30.8 Å². The summed E-state index contributed by atoms with van der Waals surface area (Å²) in [5.74, 6) is 6.74. The van der Waals surface area contributed by atoms with Gasteiger partial charge in [-0.15, -0.1) is 0 Å². The lowest BCUT2D eigenvalue weighted by Gasteiger charge is -2.29. The van der Waals surface area contributed by atoms with Crippen molar-refractivity contribution in [3.05, 3.63) is 29.2 Å². The average Bonchev–Trinajstić information content (AvgIpc) is 3.74. The van der Waals surface area contributed by atoms with E-state index in [9.17, 15) is 14.0 Å². The van der Waals surface area contributed by atoms with Crippen molar-refractivity contribution in [2.45, 2.75) is 63.4 Å². The second-order valence-electron chi connectivity index (χ2n) is 9.82. The first-order valence-electron chi connectivity index (χ1n) is 12.9. The van der Waals surface area contributed by atoms with Crippen LogP contribution in [0.1, 0.15) is 68.7 Å². The number of carbonyl (C=O) groups is 2. The highest BCUT2D eigenvalue weighted by Crippen LogP contribution is 2.44. The molecule has 0 spiro atoms. The number of aromatic nitrogens is 1. The van der Waals surface area contributed by atoms with Crippen LogP contribution in [0.25, 0.3) is 5.70 Å². The molecule has 0 aromatic carbocycles. The SMILES string of the molecule is COC(=O)[C@H]1CCCC(Oc2ccc(/C(N)=C(\CN(C)C(=O)OCCCCF)N(C)N)nc2C2CC2)C1. The molecular weight excluding hydrogens is 481 g/mol. The molecule has 3 rings (SSSR count). The Bertz CT molecular complexity index is 969. The van der Waals surface area contributed by atoms with E-state index in [1.54, 1.807) is 20.2 Å². The van der Waals surface area contributed by atoms with Crippen molar-refractivity contribution in [1.82, 2.24) is 14.9 Å². The number of nitrogens with two attached hydrogens (primary N) is 2. The first-order chi connectivity index (χ1) is 17.7. The molecule has 2 fully saturated rings. The number of esters is 1. The third-order valence-corrected chi connectivity index (χ3v) is 6.77. The number of hydrazine groups is 1. The number of methoxy groups -OCH3 is 1. The number of likely N-dealkylation sites (N-methyl/N-ethyl adjacent to an activating group) is 2. The van der Waals surface area contributed by atoms with E-state index in [1.165, 1.54) is 17.0 Å². The number of ether oxygens (including phenoxy) is 3. The highest BCUT2D eigenvalue weighted by molar-refractivity contribution is 5.72. The van der Waals surface area contributed by atoms with Gasteiger partial charge >= 0.3 is 12.1 Å². The van der Waals surface area contributed by atoms with Crippen molar-refractivity contribution in [2.75, 3.05) is 41.0 Å². The van der Waals surface area contributed by atoms with Crippen molar-refractivity contribution in [3.63, 3.8) is 0 Å². The Morgan fingerprint density at radius 3 is 2.57 bits per heavy atom. The first-order valence-corrected chi connectivity index (χ1v) is 12.9. The lowest BCUT2D eigenvalue weighted by atomic mass is 9.87. The molecule has 1 unspecified atom stereocenters. The Hall–Kier alpha value is -3.08. The van der Waals surface area contributed by atoms with Gasteiger partial charge in [-0.05, 0) is 63.5 Å². The van der Waals surface area contributed by atoms with Crippen molar-refractivity contribution >= 4 is 17.8 Å². The molecule has 1 aromatic rings. The van der Waals surface area contributed by atoms with Gasteiger partial charge in [0.2, 0.25) is 0 Å². The summed E-state index contributed by atoms with van der Waals surface area (Å²) in [6, 6.07) is 3.66. The molecule has 1 heterocycles. The first kappa shape index (κ1) is 28.5. The summed E-state index contributed by atoms with van der Waals surface area (Å²) in [5, 5.41) is 1.36. The number of nitrogens with zero attached hydrogens (tertiary/aromatic N) is 3. The molecule has 4 N–H and O–H groups in total. The Labute approximate surface area is 218 Å². The van der Waals surface area contributed by atoms with Gasteiger partial charge in [-0.25, -0.2) is 15.6 Å². The summed E-state index contributed by atoms with van der Waals surface area (Å²) in [7, 11) is 4.64. The smallest absolute Gasteiger partial charge is 0.409 e. The molecule has 11 heteroatoms. The zero-order valence-electron chi connectivity index (χ0n) is 22.1. The lowest BCUT2D eigenvalue weighted by Crippen LogP contribution is -2.38. The van der Waals surface area contributed by atoms with Gasteiger partial charge in [0.05, 0.1) is 61.7 Å². The van der Waals surface area contributed by atoms with E-state index >= 15 is 0 Å². The summed E-state index contributed by atoms with van der Waals surface area (Å²) >= 11 is 0. The molecule has 1 amide bonds. The number of carbonyl (C=O) groups excluding carboxylic acids is 2. The number of pyridine rings is 1. The van der Waals surface area contributed by atoms with E-state index in [-0.39, 0.29) is 31.1 Å². The maximum absolute atomic E-state index is 12.3.